The highest BCUT2D eigenvalue weighted by Gasteiger charge is 2.38. The number of nitrogens with zero attached hydrogens (tertiary/aromatic N) is 2. The predicted molar refractivity (Wildman–Crippen MR) is 126 cm³/mol. The average Bonchev–Trinajstić information content (AvgIpc) is 3.33. The quantitative estimate of drug-likeness (QED) is 0.500. The number of anilines is 1. The minimum Gasteiger partial charge on any atom is -0.296 e. The van der Waals surface area contributed by atoms with Crippen LogP contribution in [-0.2, 0) is 9.84 Å². The number of rotatable bonds is 6. The third-order valence-electron chi connectivity index (χ3n) is 5.21. The van der Waals surface area contributed by atoms with Crippen LogP contribution >= 0.6 is 22.9 Å². The summed E-state index contributed by atoms with van der Waals surface area (Å²) in [4.78, 5) is 30.1. The third-order valence-corrected chi connectivity index (χ3v) is 8.17. The first-order chi connectivity index (χ1) is 16.0. The zero-order chi connectivity index (χ0) is 24.5. The van der Waals surface area contributed by atoms with Crippen LogP contribution in [0.1, 0.15) is 16.8 Å². The number of urea groups is 1. The number of benzene rings is 2. The SMILES string of the molecule is O=C(NC(=O)c1ccccc1Cl)Nc1nc2ccc(S(=O)(=O)CCN3CCC(F)(F)C3)cc2s1. The standard InChI is InChI=1S/C21H19ClF2N4O4S2/c22-15-4-2-1-3-14(15)18(29)26-19(30)27-20-25-16-6-5-13(11-17(16)33-20)34(31,32)10-9-28-8-7-21(23,24)12-28/h1-6,11H,7-10,12H2,(H2,25,26,27,29,30). The first kappa shape index (κ1) is 24.5. The third kappa shape index (κ3) is 5.69. The van der Waals surface area contributed by atoms with E-state index in [9.17, 15) is 26.8 Å². The number of sulfone groups is 1. The highest BCUT2D eigenvalue weighted by atomic mass is 35.5. The molecule has 13 heteroatoms. The number of carbonyl (C=O) groups is 2. The smallest absolute Gasteiger partial charge is 0.296 e. The van der Waals surface area contributed by atoms with Crippen LogP contribution in [0.25, 0.3) is 10.2 Å². The molecule has 2 aromatic carbocycles. The lowest BCUT2D eigenvalue weighted by molar-refractivity contribution is 0.0128. The lowest BCUT2D eigenvalue weighted by atomic mass is 10.2. The van der Waals surface area contributed by atoms with E-state index in [4.69, 9.17) is 11.6 Å². The number of amides is 3. The molecule has 3 aromatic rings. The van der Waals surface area contributed by atoms with Gasteiger partial charge in [0.05, 0.1) is 38.0 Å². The Balaban J connectivity index is 1.41. The van der Waals surface area contributed by atoms with Crippen LogP contribution in [0, 0.1) is 0 Å². The fourth-order valence-corrected chi connectivity index (χ4v) is 5.96. The van der Waals surface area contributed by atoms with Gasteiger partial charge in [0, 0.05) is 19.5 Å². The molecule has 0 radical (unpaired) electrons. The normalized spacial score (nSPS) is 16.0. The lowest BCUT2D eigenvalue weighted by Gasteiger charge is -2.15. The van der Waals surface area contributed by atoms with Gasteiger partial charge in [0.15, 0.2) is 15.0 Å². The Hall–Kier alpha value is -2.67. The first-order valence-electron chi connectivity index (χ1n) is 10.1. The van der Waals surface area contributed by atoms with E-state index in [1.807, 2.05) is 0 Å². The molecular weight excluding hydrogens is 510 g/mol. The van der Waals surface area contributed by atoms with Gasteiger partial charge in [-0.3, -0.25) is 20.3 Å². The van der Waals surface area contributed by atoms with Crippen molar-refractivity contribution in [2.45, 2.75) is 17.2 Å². The molecule has 1 saturated heterocycles. The Morgan fingerprint density at radius 3 is 2.68 bits per heavy atom. The molecule has 3 amide bonds. The molecular formula is C21H19ClF2N4O4S2. The van der Waals surface area contributed by atoms with Gasteiger partial charge in [-0.25, -0.2) is 27.0 Å². The maximum atomic E-state index is 13.3. The van der Waals surface area contributed by atoms with E-state index >= 15 is 0 Å². The van der Waals surface area contributed by atoms with E-state index in [2.05, 4.69) is 15.6 Å². The Labute approximate surface area is 202 Å². The largest absolute Gasteiger partial charge is 0.327 e. The summed E-state index contributed by atoms with van der Waals surface area (Å²) in [5, 5.41) is 4.95. The van der Waals surface area contributed by atoms with Gasteiger partial charge in [-0.1, -0.05) is 35.1 Å². The van der Waals surface area contributed by atoms with Crippen molar-refractivity contribution in [2.75, 3.05) is 30.7 Å². The number of hydrogen-bond donors (Lipinski definition) is 2. The molecule has 0 saturated carbocycles. The molecule has 34 heavy (non-hydrogen) atoms. The van der Waals surface area contributed by atoms with Gasteiger partial charge < -0.3 is 0 Å². The zero-order valence-corrected chi connectivity index (χ0v) is 19.9. The van der Waals surface area contributed by atoms with Gasteiger partial charge in [0.25, 0.3) is 11.8 Å². The summed E-state index contributed by atoms with van der Waals surface area (Å²) in [6.07, 6.45) is -0.271. The van der Waals surface area contributed by atoms with Gasteiger partial charge >= 0.3 is 6.03 Å². The summed E-state index contributed by atoms with van der Waals surface area (Å²) >= 11 is 6.98. The van der Waals surface area contributed by atoms with Crippen molar-refractivity contribution in [3.8, 4) is 0 Å². The molecule has 0 spiro atoms. The average molecular weight is 529 g/mol. The molecule has 4 rings (SSSR count). The molecule has 1 aliphatic rings. The maximum Gasteiger partial charge on any atom is 0.327 e. The Kier molecular flexibility index (Phi) is 6.85. The fraction of sp³-hybridized carbons (Fsp3) is 0.286. The van der Waals surface area contributed by atoms with Crippen LogP contribution in [0.15, 0.2) is 47.4 Å². The summed E-state index contributed by atoms with van der Waals surface area (Å²) in [6, 6.07) is 9.76. The molecule has 8 nitrogen and oxygen atoms in total. The Bertz CT molecular complexity index is 1360. The fourth-order valence-electron chi connectivity index (χ4n) is 3.46. The van der Waals surface area contributed by atoms with Gasteiger partial charge in [0.1, 0.15) is 0 Å². The van der Waals surface area contributed by atoms with E-state index in [0.29, 0.717) is 10.2 Å². The van der Waals surface area contributed by atoms with Crippen LogP contribution in [0.3, 0.4) is 0 Å². The molecule has 180 valence electrons. The van der Waals surface area contributed by atoms with Gasteiger partial charge in [-0.05, 0) is 30.3 Å². The Morgan fingerprint density at radius 2 is 1.97 bits per heavy atom. The highest BCUT2D eigenvalue weighted by Crippen LogP contribution is 2.29. The topological polar surface area (TPSA) is 108 Å². The number of nitrogens with one attached hydrogen (secondary N) is 2. The number of carbonyl (C=O) groups excluding carboxylic acids is 2. The highest BCUT2D eigenvalue weighted by molar-refractivity contribution is 7.91. The summed E-state index contributed by atoms with van der Waals surface area (Å²) in [5.74, 6) is -3.75. The molecule has 1 fully saturated rings. The molecule has 2 heterocycles. The molecule has 1 aromatic heterocycles. The number of imide groups is 1. The molecule has 2 N–H and O–H groups in total. The summed E-state index contributed by atoms with van der Waals surface area (Å²) in [7, 11) is -3.71. The van der Waals surface area contributed by atoms with Gasteiger partial charge in [0.2, 0.25) is 0 Å². The number of alkyl halides is 2. The zero-order valence-electron chi connectivity index (χ0n) is 17.6. The van der Waals surface area contributed by atoms with Crippen molar-refractivity contribution in [3.05, 3.63) is 53.1 Å². The minimum atomic E-state index is -3.71. The van der Waals surface area contributed by atoms with E-state index in [-0.39, 0.29) is 45.9 Å². The van der Waals surface area contributed by atoms with E-state index < -0.39 is 34.2 Å². The second-order valence-electron chi connectivity index (χ2n) is 7.74. The summed E-state index contributed by atoms with van der Waals surface area (Å²) < 4.78 is 52.6. The maximum absolute atomic E-state index is 13.3. The number of fused-ring (bicyclic) bond motifs is 1. The monoisotopic (exact) mass is 528 g/mol. The number of halogens is 3. The predicted octanol–water partition coefficient (Wildman–Crippen LogP) is 4.03. The van der Waals surface area contributed by atoms with Crippen LogP contribution in [0.5, 0.6) is 0 Å². The molecule has 0 atom stereocenters. The number of aromatic nitrogens is 1. The van der Waals surface area contributed by atoms with Gasteiger partial charge in [-0.15, -0.1) is 0 Å². The van der Waals surface area contributed by atoms with Crippen molar-refractivity contribution in [1.82, 2.24) is 15.2 Å². The van der Waals surface area contributed by atoms with Crippen LogP contribution in [0.4, 0.5) is 18.7 Å². The molecule has 0 bridgehead atoms. The summed E-state index contributed by atoms with van der Waals surface area (Å²) in [5.41, 5.74) is 0.590. The summed E-state index contributed by atoms with van der Waals surface area (Å²) in [6.45, 7) is -0.260. The molecule has 0 unspecified atom stereocenters. The van der Waals surface area contributed by atoms with E-state index in [1.165, 1.54) is 35.2 Å². The van der Waals surface area contributed by atoms with Crippen molar-refractivity contribution in [3.63, 3.8) is 0 Å². The van der Waals surface area contributed by atoms with E-state index in [1.54, 1.807) is 12.1 Å². The van der Waals surface area contributed by atoms with Crippen molar-refractivity contribution in [2.24, 2.45) is 0 Å². The first-order valence-corrected chi connectivity index (χ1v) is 13.0. The second kappa shape index (κ2) is 9.53. The van der Waals surface area contributed by atoms with E-state index in [0.717, 1.165) is 11.3 Å². The number of likely N-dealkylation sites (tertiary alicyclic amines) is 1. The Morgan fingerprint density at radius 1 is 1.21 bits per heavy atom. The van der Waals surface area contributed by atoms with Crippen molar-refractivity contribution >= 4 is 60.1 Å². The molecule has 0 aliphatic carbocycles. The van der Waals surface area contributed by atoms with Crippen LogP contribution in [-0.4, -0.2) is 61.5 Å². The number of hydrogen-bond acceptors (Lipinski definition) is 7. The van der Waals surface area contributed by atoms with Crippen molar-refractivity contribution in [1.29, 1.82) is 0 Å². The van der Waals surface area contributed by atoms with Crippen LogP contribution < -0.4 is 10.6 Å². The van der Waals surface area contributed by atoms with Gasteiger partial charge in [-0.2, -0.15) is 0 Å². The second-order valence-corrected chi connectivity index (χ2v) is 11.3. The van der Waals surface area contributed by atoms with Crippen molar-refractivity contribution < 1.29 is 26.8 Å². The lowest BCUT2D eigenvalue weighted by Crippen LogP contribution is -2.34. The van der Waals surface area contributed by atoms with Crippen LogP contribution in [0.2, 0.25) is 5.02 Å². The number of thiazole rings is 1. The minimum absolute atomic E-state index is 0.0189. The molecule has 1 aliphatic heterocycles.